The Hall–Kier alpha value is -1.44. The quantitative estimate of drug-likeness (QED) is 0.789. The van der Waals surface area contributed by atoms with Crippen LogP contribution < -0.4 is 4.74 Å². The van der Waals surface area contributed by atoms with Gasteiger partial charge in [0.1, 0.15) is 0 Å². The van der Waals surface area contributed by atoms with Gasteiger partial charge in [-0.2, -0.15) is 4.31 Å². The van der Waals surface area contributed by atoms with Crippen LogP contribution in [0.25, 0.3) is 0 Å². The lowest BCUT2D eigenvalue weighted by Gasteiger charge is -2.17. The molecule has 0 bridgehead atoms. The van der Waals surface area contributed by atoms with Crippen molar-refractivity contribution in [1.82, 2.24) is 4.31 Å². The van der Waals surface area contributed by atoms with Crippen molar-refractivity contribution in [3.63, 3.8) is 0 Å². The molecule has 0 aliphatic rings. The van der Waals surface area contributed by atoms with Crippen LogP contribution in [0.4, 0.5) is 4.39 Å². The van der Waals surface area contributed by atoms with E-state index in [4.69, 9.17) is 4.74 Å². The highest BCUT2D eigenvalue weighted by Crippen LogP contribution is 2.22. The predicted molar refractivity (Wildman–Crippen MR) is 85.7 cm³/mol. The SMILES string of the molecule is COc1ccc(CN(C)S(=O)(=O)c2ccc(Br)cc2)cc1F. The maximum Gasteiger partial charge on any atom is 0.243 e. The normalized spacial score (nSPS) is 11.7. The van der Waals surface area contributed by atoms with Crippen LogP contribution in [0, 0.1) is 5.82 Å². The van der Waals surface area contributed by atoms with Gasteiger partial charge in [0.2, 0.25) is 10.0 Å². The Morgan fingerprint density at radius 3 is 2.36 bits per heavy atom. The minimum Gasteiger partial charge on any atom is -0.494 e. The molecule has 0 atom stereocenters. The fourth-order valence-corrected chi connectivity index (χ4v) is 3.36. The molecule has 22 heavy (non-hydrogen) atoms. The second-order valence-corrected chi connectivity index (χ2v) is 7.64. The minimum atomic E-state index is -3.62. The number of ether oxygens (including phenoxy) is 1. The van der Waals surface area contributed by atoms with Crippen molar-refractivity contribution in [2.45, 2.75) is 11.4 Å². The van der Waals surface area contributed by atoms with E-state index in [2.05, 4.69) is 15.9 Å². The number of benzene rings is 2. The Morgan fingerprint density at radius 2 is 1.82 bits per heavy atom. The van der Waals surface area contributed by atoms with E-state index in [1.807, 2.05) is 0 Å². The van der Waals surface area contributed by atoms with Gasteiger partial charge in [0.25, 0.3) is 0 Å². The molecule has 4 nitrogen and oxygen atoms in total. The first-order valence-corrected chi connectivity index (χ1v) is 8.62. The first kappa shape index (κ1) is 16.9. The lowest BCUT2D eigenvalue weighted by Crippen LogP contribution is -2.26. The van der Waals surface area contributed by atoms with Crippen LogP contribution in [0.2, 0.25) is 0 Å². The van der Waals surface area contributed by atoms with Crippen LogP contribution in [0.5, 0.6) is 5.75 Å². The summed E-state index contributed by atoms with van der Waals surface area (Å²) >= 11 is 3.26. The second-order valence-electron chi connectivity index (χ2n) is 4.68. The fraction of sp³-hybridized carbons (Fsp3) is 0.200. The molecule has 0 fully saturated rings. The van der Waals surface area contributed by atoms with Gasteiger partial charge in [-0.3, -0.25) is 0 Å². The molecule has 2 rings (SSSR count). The van der Waals surface area contributed by atoms with Crippen molar-refractivity contribution in [3.8, 4) is 5.75 Å². The summed E-state index contributed by atoms with van der Waals surface area (Å²) in [6.45, 7) is 0.0688. The second kappa shape index (κ2) is 6.76. The summed E-state index contributed by atoms with van der Waals surface area (Å²) in [5.41, 5.74) is 0.543. The Bertz CT molecular complexity index is 763. The summed E-state index contributed by atoms with van der Waals surface area (Å²) in [5.74, 6) is -0.392. The Balaban J connectivity index is 2.22. The van der Waals surface area contributed by atoms with Gasteiger partial charge in [-0.25, -0.2) is 12.8 Å². The Morgan fingerprint density at radius 1 is 1.18 bits per heavy atom. The third-order valence-electron chi connectivity index (χ3n) is 3.14. The molecule has 0 radical (unpaired) electrons. The number of sulfonamides is 1. The van der Waals surface area contributed by atoms with Gasteiger partial charge in [0.05, 0.1) is 12.0 Å². The molecule has 0 heterocycles. The zero-order valence-corrected chi connectivity index (χ0v) is 14.5. The van der Waals surface area contributed by atoms with E-state index < -0.39 is 15.8 Å². The van der Waals surface area contributed by atoms with Crippen molar-refractivity contribution in [2.24, 2.45) is 0 Å². The first-order valence-electron chi connectivity index (χ1n) is 6.39. The standard InChI is InChI=1S/C15H15BrFNO3S/c1-18(10-11-3-8-15(21-2)14(17)9-11)22(19,20)13-6-4-12(16)5-7-13/h3-9H,10H2,1-2H3. The maximum atomic E-state index is 13.7. The lowest BCUT2D eigenvalue weighted by atomic mass is 10.2. The average molecular weight is 388 g/mol. The van der Waals surface area contributed by atoms with Gasteiger partial charge < -0.3 is 4.74 Å². The predicted octanol–water partition coefficient (Wildman–Crippen LogP) is 3.42. The highest BCUT2D eigenvalue weighted by Gasteiger charge is 2.21. The van der Waals surface area contributed by atoms with E-state index >= 15 is 0 Å². The van der Waals surface area contributed by atoms with Crippen molar-refractivity contribution in [3.05, 3.63) is 58.3 Å². The highest BCUT2D eigenvalue weighted by atomic mass is 79.9. The van der Waals surface area contributed by atoms with Crippen molar-refractivity contribution in [2.75, 3.05) is 14.2 Å². The maximum absolute atomic E-state index is 13.7. The smallest absolute Gasteiger partial charge is 0.243 e. The molecule has 2 aromatic carbocycles. The number of halogens is 2. The van der Waals surface area contributed by atoms with Crippen molar-refractivity contribution in [1.29, 1.82) is 0 Å². The molecule has 2 aromatic rings. The molecule has 0 aliphatic carbocycles. The zero-order chi connectivity index (χ0) is 16.3. The Labute approximate surface area is 137 Å². The Kier molecular flexibility index (Phi) is 5.20. The van der Waals surface area contributed by atoms with E-state index in [0.29, 0.717) is 5.56 Å². The highest BCUT2D eigenvalue weighted by molar-refractivity contribution is 9.10. The third-order valence-corrected chi connectivity index (χ3v) is 5.49. The minimum absolute atomic E-state index is 0.0688. The topological polar surface area (TPSA) is 46.6 Å². The summed E-state index contributed by atoms with van der Waals surface area (Å²) in [5, 5.41) is 0. The van der Waals surface area contributed by atoms with E-state index in [1.54, 1.807) is 18.2 Å². The summed E-state index contributed by atoms with van der Waals surface area (Å²) < 4.78 is 45.4. The summed E-state index contributed by atoms with van der Waals surface area (Å²) in [6.07, 6.45) is 0. The van der Waals surface area contributed by atoms with Gasteiger partial charge in [0.15, 0.2) is 11.6 Å². The van der Waals surface area contributed by atoms with E-state index in [-0.39, 0.29) is 17.2 Å². The zero-order valence-electron chi connectivity index (χ0n) is 12.1. The van der Waals surface area contributed by atoms with E-state index in [9.17, 15) is 12.8 Å². The van der Waals surface area contributed by atoms with E-state index in [1.165, 1.54) is 42.7 Å². The largest absolute Gasteiger partial charge is 0.494 e. The lowest BCUT2D eigenvalue weighted by molar-refractivity contribution is 0.385. The van der Waals surface area contributed by atoms with Gasteiger partial charge in [-0.1, -0.05) is 22.0 Å². The number of hydrogen-bond acceptors (Lipinski definition) is 3. The average Bonchev–Trinajstić information content (AvgIpc) is 2.48. The molecule has 0 amide bonds. The summed E-state index contributed by atoms with van der Waals surface area (Å²) in [6, 6.07) is 10.7. The van der Waals surface area contributed by atoms with Gasteiger partial charge in [0, 0.05) is 18.1 Å². The molecule has 0 saturated heterocycles. The summed E-state index contributed by atoms with van der Waals surface area (Å²) in [4.78, 5) is 0.187. The van der Waals surface area contributed by atoms with Crippen LogP contribution >= 0.6 is 15.9 Å². The number of hydrogen-bond donors (Lipinski definition) is 0. The number of nitrogens with zero attached hydrogens (tertiary/aromatic N) is 1. The molecule has 0 aliphatic heterocycles. The van der Waals surface area contributed by atoms with Gasteiger partial charge in [-0.05, 0) is 42.0 Å². The summed E-state index contributed by atoms with van der Waals surface area (Å²) in [7, 11) is -0.789. The number of methoxy groups -OCH3 is 1. The van der Waals surface area contributed by atoms with Crippen molar-refractivity contribution >= 4 is 26.0 Å². The molecule has 118 valence electrons. The molecule has 0 N–H and O–H groups in total. The monoisotopic (exact) mass is 387 g/mol. The molecule has 0 spiro atoms. The molecule has 7 heteroatoms. The van der Waals surface area contributed by atoms with Crippen LogP contribution in [-0.4, -0.2) is 26.9 Å². The van der Waals surface area contributed by atoms with Crippen molar-refractivity contribution < 1.29 is 17.5 Å². The van der Waals surface area contributed by atoms with Crippen LogP contribution in [0.3, 0.4) is 0 Å². The molecule has 0 saturated carbocycles. The molecule has 0 aromatic heterocycles. The molecular weight excluding hydrogens is 373 g/mol. The van der Waals surface area contributed by atoms with E-state index in [0.717, 1.165) is 4.47 Å². The third kappa shape index (κ3) is 3.66. The number of rotatable bonds is 5. The van der Waals surface area contributed by atoms with Gasteiger partial charge >= 0.3 is 0 Å². The fourth-order valence-electron chi connectivity index (χ4n) is 1.94. The van der Waals surface area contributed by atoms with Crippen LogP contribution in [-0.2, 0) is 16.6 Å². The molecule has 0 unspecified atom stereocenters. The van der Waals surface area contributed by atoms with Crippen LogP contribution in [0.1, 0.15) is 5.56 Å². The molecular formula is C15H15BrFNO3S. The van der Waals surface area contributed by atoms with Crippen LogP contribution in [0.15, 0.2) is 51.8 Å². The van der Waals surface area contributed by atoms with Gasteiger partial charge in [-0.15, -0.1) is 0 Å². The first-order chi connectivity index (χ1) is 10.3.